The van der Waals surface area contributed by atoms with Gasteiger partial charge in [0, 0.05) is 31.1 Å². The van der Waals surface area contributed by atoms with Crippen molar-refractivity contribution in [2.75, 3.05) is 19.7 Å². The fourth-order valence-corrected chi connectivity index (χ4v) is 5.48. The van der Waals surface area contributed by atoms with Crippen molar-refractivity contribution in [1.29, 1.82) is 0 Å². The number of allylic oxidation sites excluding steroid dienone is 1. The summed E-state index contributed by atoms with van der Waals surface area (Å²) in [4.78, 5) is 43.1. The summed E-state index contributed by atoms with van der Waals surface area (Å²) in [6.07, 6.45) is 2.04. The molecule has 0 bridgehead atoms. The van der Waals surface area contributed by atoms with Gasteiger partial charge in [0.2, 0.25) is 5.91 Å². The van der Waals surface area contributed by atoms with Gasteiger partial charge in [-0.3, -0.25) is 9.59 Å². The fourth-order valence-electron chi connectivity index (χ4n) is 5.48. The molecule has 5 rings (SSSR count). The first-order valence-electron chi connectivity index (χ1n) is 14.2. The molecule has 0 aliphatic carbocycles. The Labute approximate surface area is 240 Å². The molecule has 0 N–H and O–H groups in total. The molecular weight excluding hydrogens is 520 g/mol. The van der Waals surface area contributed by atoms with Gasteiger partial charge in [0.05, 0.1) is 18.7 Å². The SMILES string of the molecule is CCOC(=O)C1=C(C)N(Cc2ccc(C(=O)N3CCC(C)CC3)o2)C(=O)CC1c1cccc(Oc2ccccc2)c1. The van der Waals surface area contributed by atoms with E-state index in [1.54, 1.807) is 30.9 Å². The van der Waals surface area contributed by atoms with Gasteiger partial charge in [0.15, 0.2) is 5.76 Å². The highest BCUT2D eigenvalue weighted by atomic mass is 16.5. The average molecular weight is 557 g/mol. The Kier molecular flexibility index (Phi) is 8.57. The molecule has 2 aromatic carbocycles. The summed E-state index contributed by atoms with van der Waals surface area (Å²) in [6, 6.07) is 20.3. The van der Waals surface area contributed by atoms with Crippen molar-refractivity contribution >= 4 is 17.8 Å². The van der Waals surface area contributed by atoms with E-state index >= 15 is 0 Å². The number of rotatable bonds is 8. The highest BCUT2D eigenvalue weighted by Gasteiger charge is 2.37. The Morgan fingerprint density at radius 3 is 2.44 bits per heavy atom. The summed E-state index contributed by atoms with van der Waals surface area (Å²) < 4.78 is 17.4. The van der Waals surface area contributed by atoms with Crippen molar-refractivity contribution in [1.82, 2.24) is 9.80 Å². The maximum atomic E-state index is 13.5. The van der Waals surface area contributed by atoms with Crippen LogP contribution in [0.25, 0.3) is 0 Å². The maximum Gasteiger partial charge on any atom is 0.336 e. The van der Waals surface area contributed by atoms with E-state index in [0.29, 0.717) is 47.5 Å². The molecule has 8 heteroatoms. The van der Waals surface area contributed by atoms with Crippen molar-refractivity contribution in [3.05, 3.63) is 95.1 Å². The quantitative estimate of drug-likeness (QED) is 0.303. The predicted octanol–water partition coefficient (Wildman–Crippen LogP) is 6.30. The van der Waals surface area contributed by atoms with Gasteiger partial charge in [-0.05, 0) is 74.6 Å². The molecule has 8 nitrogen and oxygen atoms in total. The van der Waals surface area contributed by atoms with Crippen LogP contribution >= 0.6 is 0 Å². The van der Waals surface area contributed by atoms with Gasteiger partial charge in [-0.25, -0.2) is 4.79 Å². The Bertz CT molecular complexity index is 1430. The number of carbonyl (C=O) groups is 3. The second kappa shape index (κ2) is 12.5. The van der Waals surface area contributed by atoms with E-state index in [1.807, 2.05) is 59.5 Å². The van der Waals surface area contributed by atoms with Crippen LogP contribution in [-0.2, 0) is 20.9 Å². The molecule has 1 aromatic heterocycles. The Hall–Kier alpha value is -4.33. The first-order valence-corrected chi connectivity index (χ1v) is 14.2. The number of carbonyl (C=O) groups excluding carboxylic acids is 3. The smallest absolute Gasteiger partial charge is 0.336 e. The van der Waals surface area contributed by atoms with E-state index in [-0.39, 0.29) is 37.1 Å². The Balaban J connectivity index is 1.39. The van der Waals surface area contributed by atoms with Crippen LogP contribution in [0.5, 0.6) is 11.5 Å². The molecule has 2 aliphatic rings. The lowest BCUT2D eigenvalue weighted by atomic mass is 9.83. The van der Waals surface area contributed by atoms with E-state index in [2.05, 4.69) is 6.92 Å². The number of esters is 1. The molecule has 0 radical (unpaired) electrons. The molecule has 2 aliphatic heterocycles. The van der Waals surface area contributed by atoms with Crippen LogP contribution in [0.1, 0.15) is 67.8 Å². The second-order valence-corrected chi connectivity index (χ2v) is 10.7. The summed E-state index contributed by atoms with van der Waals surface area (Å²) >= 11 is 0. The number of para-hydroxylation sites is 1. The van der Waals surface area contributed by atoms with Crippen LogP contribution in [0.3, 0.4) is 0 Å². The Morgan fingerprint density at radius 2 is 1.71 bits per heavy atom. The summed E-state index contributed by atoms with van der Waals surface area (Å²) in [5, 5.41) is 0. The third-order valence-corrected chi connectivity index (χ3v) is 7.81. The van der Waals surface area contributed by atoms with Gasteiger partial charge in [0.25, 0.3) is 5.91 Å². The van der Waals surface area contributed by atoms with Gasteiger partial charge in [-0.1, -0.05) is 37.3 Å². The van der Waals surface area contributed by atoms with Crippen LogP contribution in [0, 0.1) is 5.92 Å². The zero-order valence-electron chi connectivity index (χ0n) is 23.8. The van der Waals surface area contributed by atoms with Crippen molar-refractivity contribution in [2.45, 2.75) is 52.5 Å². The number of hydrogen-bond donors (Lipinski definition) is 0. The van der Waals surface area contributed by atoms with Crippen molar-refractivity contribution in [2.24, 2.45) is 5.92 Å². The molecule has 3 heterocycles. The zero-order valence-corrected chi connectivity index (χ0v) is 23.8. The van der Waals surface area contributed by atoms with Gasteiger partial charge in [0.1, 0.15) is 17.3 Å². The van der Waals surface area contributed by atoms with Gasteiger partial charge in [-0.2, -0.15) is 0 Å². The average Bonchev–Trinajstić information content (AvgIpc) is 3.44. The zero-order chi connectivity index (χ0) is 28.9. The highest BCUT2D eigenvalue weighted by Crippen LogP contribution is 2.39. The van der Waals surface area contributed by atoms with Crippen molar-refractivity contribution in [3.63, 3.8) is 0 Å². The summed E-state index contributed by atoms with van der Waals surface area (Å²) in [6.45, 7) is 7.46. The summed E-state index contributed by atoms with van der Waals surface area (Å²) in [5.74, 6) is 1.42. The van der Waals surface area contributed by atoms with Crippen LogP contribution in [0.2, 0.25) is 0 Å². The lowest BCUT2D eigenvalue weighted by Crippen LogP contribution is -2.38. The number of furan rings is 1. The number of ether oxygens (including phenoxy) is 2. The lowest BCUT2D eigenvalue weighted by Gasteiger charge is -2.34. The fraction of sp³-hybridized carbons (Fsp3) is 0.364. The van der Waals surface area contributed by atoms with Crippen LogP contribution in [-0.4, -0.2) is 47.3 Å². The topological polar surface area (TPSA) is 89.3 Å². The number of hydrogen-bond acceptors (Lipinski definition) is 6. The molecule has 214 valence electrons. The largest absolute Gasteiger partial charge is 0.463 e. The number of nitrogens with zero attached hydrogens (tertiary/aromatic N) is 2. The minimum Gasteiger partial charge on any atom is -0.463 e. The monoisotopic (exact) mass is 556 g/mol. The van der Waals surface area contributed by atoms with Crippen molar-refractivity contribution in [3.8, 4) is 11.5 Å². The molecule has 1 saturated heterocycles. The maximum absolute atomic E-state index is 13.5. The molecule has 1 fully saturated rings. The molecule has 3 aromatic rings. The van der Waals surface area contributed by atoms with Gasteiger partial charge < -0.3 is 23.7 Å². The van der Waals surface area contributed by atoms with Crippen molar-refractivity contribution < 1.29 is 28.3 Å². The molecular formula is C33H36N2O6. The number of amides is 2. The van der Waals surface area contributed by atoms with Gasteiger partial charge in [-0.15, -0.1) is 0 Å². The standard InChI is InChI=1S/C33H36N2O6/c1-4-39-33(38)31-23(3)35(21-27-13-14-29(41-27)32(37)34-17-15-22(2)16-18-34)30(36)20-28(31)24-9-8-12-26(19-24)40-25-10-6-5-7-11-25/h5-14,19,22,28H,4,15-18,20-21H2,1-3H3. The third kappa shape index (κ3) is 6.37. The molecule has 0 saturated carbocycles. The lowest BCUT2D eigenvalue weighted by molar-refractivity contribution is -0.140. The van der Waals surface area contributed by atoms with Gasteiger partial charge >= 0.3 is 5.97 Å². The Morgan fingerprint density at radius 1 is 0.976 bits per heavy atom. The first-order chi connectivity index (χ1) is 19.8. The third-order valence-electron chi connectivity index (χ3n) is 7.81. The molecule has 2 amide bonds. The van der Waals surface area contributed by atoms with E-state index in [9.17, 15) is 14.4 Å². The van der Waals surface area contributed by atoms with E-state index in [1.165, 1.54) is 0 Å². The minimum absolute atomic E-state index is 0.0821. The summed E-state index contributed by atoms with van der Waals surface area (Å²) in [7, 11) is 0. The van der Waals surface area contributed by atoms with E-state index in [0.717, 1.165) is 18.4 Å². The first kappa shape index (κ1) is 28.2. The number of piperidine rings is 1. The van der Waals surface area contributed by atoms with E-state index in [4.69, 9.17) is 13.9 Å². The summed E-state index contributed by atoms with van der Waals surface area (Å²) in [5.41, 5.74) is 1.72. The molecule has 1 unspecified atom stereocenters. The molecule has 41 heavy (non-hydrogen) atoms. The number of likely N-dealkylation sites (tertiary alicyclic amines) is 1. The highest BCUT2D eigenvalue weighted by molar-refractivity contribution is 5.96. The number of benzene rings is 2. The second-order valence-electron chi connectivity index (χ2n) is 10.7. The van der Waals surface area contributed by atoms with Crippen LogP contribution < -0.4 is 4.74 Å². The normalized spacial score (nSPS) is 18.0. The van der Waals surface area contributed by atoms with E-state index < -0.39 is 11.9 Å². The van der Waals surface area contributed by atoms with Crippen LogP contribution in [0.4, 0.5) is 0 Å². The predicted molar refractivity (Wildman–Crippen MR) is 153 cm³/mol. The molecule has 0 spiro atoms. The minimum atomic E-state index is -0.493. The molecule has 1 atom stereocenters. The van der Waals surface area contributed by atoms with Crippen LogP contribution in [0.15, 0.2) is 82.4 Å².